The Morgan fingerprint density at radius 2 is 1.60 bits per heavy atom. The topological polar surface area (TPSA) is 38.9 Å². The van der Waals surface area contributed by atoms with Crippen LogP contribution in [0.1, 0.15) is 29.2 Å². The van der Waals surface area contributed by atoms with Crippen LogP contribution in [-0.4, -0.2) is 4.98 Å². The molecule has 0 spiro atoms. The maximum absolute atomic E-state index is 12.5. The summed E-state index contributed by atoms with van der Waals surface area (Å²) >= 11 is 0. The second kappa shape index (κ2) is 6.05. The van der Waals surface area contributed by atoms with Crippen molar-refractivity contribution in [2.75, 3.05) is 0 Å². The summed E-state index contributed by atoms with van der Waals surface area (Å²) in [7, 11) is 0. The first kappa shape index (κ1) is 14.5. The fourth-order valence-corrected chi connectivity index (χ4v) is 1.96. The second-order valence-corrected chi connectivity index (χ2v) is 4.62. The number of alkyl halides is 3. The largest absolute Gasteiger partial charge is 0.416 e. The number of aryl methyl sites for hydroxylation is 1. The molecule has 20 heavy (non-hydrogen) atoms. The van der Waals surface area contributed by atoms with Crippen LogP contribution in [0.4, 0.5) is 13.2 Å². The first-order valence-electron chi connectivity index (χ1n) is 6.28. The van der Waals surface area contributed by atoms with Gasteiger partial charge < -0.3 is 5.73 Å². The molecule has 0 aliphatic carbocycles. The van der Waals surface area contributed by atoms with E-state index in [0.29, 0.717) is 12.0 Å². The maximum Gasteiger partial charge on any atom is 0.416 e. The van der Waals surface area contributed by atoms with E-state index in [9.17, 15) is 13.2 Å². The molecule has 2 nitrogen and oxygen atoms in total. The summed E-state index contributed by atoms with van der Waals surface area (Å²) in [6.45, 7) is 0. The van der Waals surface area contributed by atoms with Crippen molar-refractivity contribution in [2.24, 2.45) is 5.73 Å². The maximum atomic E-state index is 12.5. The molecule has 106 valence electrons. The Kier molecular flexibility index (Phi) is 4.39. The van der Waals surface area contributed by atoms with E-state index >= 15 is 0 Å². The van der Waals surface area contributed by atoms with Gasteiger partial charge in [-0.2, -0.15) is 13.2 Å². The molecule has 0 aliphatic heterocycles. The van der Waals surface area contributed by atoms with E-state index in [0.717, 1.165) is 24.1 Å². The molecule has 1 unspecified atom stereocenters. The quantitative estimate of drug-likeness (QED) is 0.926. The van der Waals surface area contributed by atoms with Crippen LogP contribution in [0.25, 0.3) is 0 Å². The van der Waals surface area contributed by atoms with E-state index in [1.54, 1.807) is 12.4 Å². The zero-order valence-corrected chi connectivity index (χ0v) is 10.8. The summed E-state index contributed by atoms with van der Waals surface area (Å²) in [5.41, 5.74) is 7.18. The number of hydrogen-bond donors (Lipinski definition) is 1. The van der Waals surface area contributed by atoms with Gasteiger partial charge in [0.25, 0.3) is 0 Å². The first-order valence-corrected chi connectivity index (χ1v) is 6.28. The molecule has 2 rings (SSSR count). The zero-order valence-electron chi connectivity index (χ0n) is 10.8. The Bertz CT molecular complexity index is 535. The normalized spacial score (nSPS) is 13.2. The van der Waals surface area contributed by atoms with E-state index < -0.39 is 11.7 Å². The molecule has 1 atom stereocenters. The molecule has 1 aromatic carbocycles. The number of halogens is 3. The van der Waals surface area contributed by atoms with Crippen LogP contribution in [0.15, 0.2) is 48.8 Å². The highest BCUT2D eigenvalue weighted by Gasteiger charge is 2.30. The van der Waals surface area contributed by atoms with E-state index in [1.807, 2.05) is 12.1 Å². The number of rotatable bonds is 4. The number of nitrogens with zero attached hydrogens (tertiary/aromatic N) is 1. The van der Waals surface area contributed by atoms with E-state index in [-0.39, 0.29) is 6.04 Å². The minimum atomic E-state index is -4.31. The molecule has 1 aromatic heterocycles. The highest BCUT2D eigenvalue weighted by Crippen LogP contribution is 2.30. The Morgan fingerprint density at radius 1 is 1.00 bits per heavy atom. The van der Waals surface area contributed by atoms with Gasteiger partial charge in [0, 0.05) is 18.4 Å². The zero-order chi connectivity index (χ0) is 14.6. The third-order valence-corrected chi connectivity index (χ3v) is 3.16. The van der Waals surface area contributed by atoms with Gasteiger partial charge >= 0.3 is 6.18 Å². The Balaban J connectivity index is 1.97. The van der Waals surface area contributed by atoms with Crippen LogP contribution < -0.4 is 5.73 Å². The molecule has 0 radical (unpaired) electrons. The third kappa shape index (κ3) is 3.81. The summed E-state index contributed by atoms with van der Waals surface area (Å²) in [5.74, 6) is 0. The lowest BCUT2D eigenvalue weighted by Crippen LogP contribution is -2.12. The fraction of sp³-hybridized carbons (Fsp3) is 0.267. The summed E-state index contributed by atoms with van der Waals surface area (Å²) in [4.78, 5) is 3.93. The van der Waals surface area contributed by atoms with Crippen molar-refractivity contribution in [3.8, 4) is 0 Å². The molecule has 0 aliphatic rings. The van der Waals surface area contributed by atoms with E-state index in [2.05, 4.69) is 4.98 Å². The first-order chi connectivity index (χ1) is 9.47. The van der Waals surface area contributed by atoms with Crippen molar-refractivity contribution >= 4 is 0 Å². The van der Waals surface area contributed by atoms with Gasteiger partial charge in [0.05, 0.1) is 5.56 Å². The van der Waals surface area contributed by atoms with Gasteiger partial charge in [-0.15, -0.1) is 0 Å². The number of pyridine rings is 1. The highest BCUT2D eigenvalue weighted by molar-refractivity contribution is 5.26. The molecule has 0 amide bonds. The molecule has 0 saturated carbocycles. The third-order valence-electron chi connectivity index (χ3n) is 3.16. The van der Waals surface area contributed by atoms with Gasteiger partial charge in [-0.25, -0.2) is 0 Å². The van der Waals surface area contributed by atoms with Crippen LogP contribution in [-0.2, 0) is 12.6 Å². The lowest BCUT2D eigenvalue weighted by Gasteiger charge is -2.13. The van der Waals surface area contributed by atoms with Gasteiger partial charge in [-0.3, -0.25) is 4.98 Å². The summed E-state index contributed by atoms with van der Waals surface area (Å²) in [6.07, 6.45) is 0.553. The van der Waals surface area contributed by atoms with Crippen molar-refractivity contribution in [3.63, 3.8) is 0 Å². The number of benzene rings is 1. The predicted octanol–water partition coefficient (Wildman–Crippen LogP) is 3.73. The average Bonchev–Trinajstić information content (AvgIpc) is 2.45. The molecule has 2 aromatic rings. The van der Waals surface area contributed by atoms with Crippen LogP contribution in [0.3, 0.4) is 0 Å². The molecular weight excluding hydrogens is 265 g/mol. The molecular formula is C15H15F3N2. The van der Waals surface area contributed by atoms with Gasteiger partial charge in [-0.05, 0) is 48.2 Å². The van der Waals surface area contributed by atoms with Crippen LogP contribution in [0, 0.1) is 0 Å². The van der Waals surface area contributed by atoms with Crippen molar-refractivity contribution in [3.05, 3.63) is 65.5 Å². The lowest BCUT2D eigenvalue weighted by molar-refractivity contribution is -0.137. The van der Waals surface area contributed by atoms with Crippen molar-refractivity contribution in [2.45, 2.75) is 25.1 Å². The Labute approximate surface area is 115 Å². The van der Waals surface area contributed by atoms with Gasteiger partial charge in [0.1, 0.15) is 0 Å². The van der Waals surface area contributed by atoms with Gasteiger partial charge in [0.15, 0.2) is 0 Å². The summed E-state index contributed by atoms with van der Waals surface area (Å²) in [5, 5.41) is 0. The Hall–Kier alpha value is -1.88. The van der Waals surface area contributed by atoms with E-state index in [4.69, 9.17) is 5.73 Å². The minimum Gasteiger partial charge on any atom is -0.324 e. The SMILES string of the molecule is NC(CCc1ccncc1)c1ccc(C(F)(F)F)cc1. The molecule has 0 bridgehead atoms. The van der Waals surface area contributed by atoms with Crippen LogP contribution >= 0.6 is 0 Å². The van der Waals surface area contributed by atoms with E-state index in [1.165, 1.54) is 12.1 Å². The Morgan fingerprint density at radius 3 is 2.15 bits per heavy atom. The molecule has 1 heterocycles. The lowest BCUT2D eigenvalue weighted by atomic mass is 9.99. The standard InChI is InChI=1S/C15H15F3N2/c16-15(17,18)13-4-2-12(3-5-13)14(19)6-1-11-7-9-20-10-8-11/h2-5,7-10,14H,1,6,19H2. The number of aromatic nitrogens is 1. The predicted molar refractivity (Wildman–Crippen MR) is 70.9 cm³/mol. The van der Waals surface area contributed by atoms with Gasteiger partial charge in [-0.1, -0.05) is 12.1 Å². The molecule has 0 fully saturated rings. The van der Waals surface area contributed by atoms with Crippen molar-refractivity contribution in [1.82, 2.24) is 4.98 Å². The van der Waals surface area contributed by atoms with Gasteiger partial charge in [0.2, 0.25) is 0 Å². The average molecular weight is 280 g/mol. The molecule has 2 N–H and O–H groups in total. The molecule has 0 saturated heterocycles. The highest BCUT2D eigenvalue weighted by atomic mass is 19.4. The monoisotopic (exact) mass is 280 g/mol. The molecule has 5 heteroatoms. The van der Waals surface area contributed by atoms with Crippen molar-refractivity contribution in [1.29, 1.82) is 0 Å². The second-order valence-electron chi connectivity index (χ2n) is 4.62. The van der Waals surface area contributed by atoms with Crippen LogP contribution in [0.5, 0.6) is 0 Å². The van der Waals surface area contributed by atoms with Crippen LogP contribution in [0.2, 0.25) is 0 Å². The summed E-state index contributed by atoms with van der Waals surface area (Å²) in [6, 6.07) is 8.56. The smallest absolute Gasteiger partial charge is 0.324 e. The number of hydrogen-bond acceptors (Lipinski definition) is 2. The fourth-order valence-electron chi connectivity index (χ4n) is 1.96. The minimum absolute atomic E-state index is 0.273. The summed E-state index contributed by atoms with van der Waals surface area (Å²) < 4.78 is 37.4. The number of nitrogens with two attached hydrogens (primary N) is 1. The van der Waals surface area contributed by atoms with Crippen molar-refractivity contribution < 1.29 is 13.2 Å².